The Labute approximate surface area is 145 Å². The van der Waals surface area contributed by atoms with Crippen LogP contribution in [0.5, 0.6) is 0 Å². The van der Waals surface area contributed by atoms with Crippen molar-refractivity contribution in [1.29, 1.82) is 0 Å². The predicted octanol–water partition coefficient (Wildman–Crippen LogP) is 0.913. The van der Waals surface area contributed by atoms with Crippen LogP contribution in [0.2, 0.25) is 0 Å². The highest BCUT2D eigenvalue weighted by atomic mass is 32.2. The van der Waals surface area contributed by atoms with Crippen molar-refractivity contribution in [3.8, 4) is 0 Å². The molecule has 3 fully saturated rings. The van der Waals surface area contributed by atoms with E-state index in [2.05, 4.69) is 11.8 Å². The van der Waals surface area contributed by atoms with Crippen molar-refractivity contribution in [2.24, 2.45) is 5.92 Å². The third kappa shape index (κ3) is 4.70. The lowest BCUT2D eigenvalue weighted by molar-refractivity contribution is -0.136. The minimum absolute atomic E-state index is 0.0672. The Morgan fingerprint density at radius 3 is 2.71 bits per heavy atom. The summed E-state index contributed by atoms with van der Waals surface area (Å²) in [6.45, 7) is 5.86. The summed E-state index contributed by atoms with van der Waals surface area (Å²) in [5, 5.41) is 0. The van der Waals surface area contributed by atoms with Crippen molar-refractivity contribution in [2.45, 2.75) is 51.2 Å². The van der Waals surface area contributed by atoms with E-state index < -0.39 is 9.84 Å². The molecule has 24 heavy (non-hydrogen) atoms. The van der Waals surface area contributed by atoms with Crippen LogP contribution in [0.25, 0.3) is 0 Å². The molecule has 0 spiro atoms. The van der Waals surface area contributed by atoms with Gasteiger partial charge in [-0.3, -0.25) is 9.69 Å². The molecule has 0 aromatic rings. The Bertz CT molecular complexity index is 545. The summed E-state index contributed by atoms with van der Waals surface area (Å²) >= 11 is 0. The molecule has 0 radical (unpaired) electrons. The zero-order valence-corrected chi connectivity index (χ0v) is 15.5. The molecule has 3 atom stereocenters. The first kappa shape index (κ1) is 18.1. The van der Waals surface area contributed by atoms with Gasteiger partial charge in [0.1, 0.15) is 0 Å². The Hall–Kier alpha value is -0.660. The van der Waals surface area contributed by atoms with Crippen LogP contribution in [0.1, 0.15) is 39.0 Å². The van der Waals surface area contributed by atoms with Crippen LogP contribution >= 0.6 is 0 Å². The summed E-state index contributed by atoms with van der Waals surface area (Å²) in [6.07, 6.45) is 4.99. The molecule has 0 saturated carbocycles. The maximum absolute atomic E-state index is 12.9. The summed E-state index contributed by atoms with van der Waals surface area (Å²) in [5.74, 6) is 1.02. The van der Waals surface area contributed by atoms with E-state index in [0.29, 0.717) is 25.4 Å². The van der Waals surface area contributed by atoms with Crippen molar-refractivity contribution in [3.05, 3.63) is 0 Å². The zero-order chi connectivity index (χ0) is 17.2. The minimum atomic E-state index is -3.00. The molecule has 1 amide bonds. The number of amides is 1. The first-order valence-corrected chi connectivity index (χ1v) is 11.1. The third-order valence-electron chi connectivity index (χ3n) is 5.49. The highest BCUT2D eigenvalue weighted by molar-refractivity contribution is 7.91. The van der Waals surface area contributed by atoms with Gasteiger partial charge in [0.25, 0.3) is 0 Å². The molecule has 3 aliphatic heterocycles. The van der Waals surface area contributed by atoms with Crippen molar-refractivity contribution >= 4 is 15.7 Å². The molecule has 3 rings (SSSR count). The fraction of sp³-hybridized carbons (Fsp3) is 0.941. The van der Waals surface area contributed by atoms with Gasteiger partial charge < -0.3 is 9.64 Å². The van der Waals surface area contributed by atoms with E-state index in [1.807, 2.05) is 4.90 Å². The maximum Gasteiger partial charge on any atom is 0.237 e. The van der Waals surface area contributed by atoms with Crippen LogP contribution in [-0.4, -0.2) is 80.6 Å². The SMILES string of the molecule is CC1CCCN(CC(=O)N(CC2CCCO2)C2CCS(=O)(=O)C2)C1. The van der Waals surface area contributed by atoms with Crippen LogP contribution in [-0.2, 0) is 19.4 Å². The number of nitrogens with zero attached hydrogens (tertiary/aromatic N) is 2. The summed E-state index contributed by atoms with van der Waals surface area (Å²) < 4.78 is 29.4. The molecular formula is C17H30N2O4S. The fourth-order valence-corrected chi connectivity index (χ4v) is 5.93. The first-order valence-electron chi connectivity index (χ1n) is 9.27. The number of hydrogen-bond acceptors (Lipinski definition) is 5. The molecule has 138 valence electrons. The van der Waals surface area contributed by atoms with E-state index in [-0.39, 0.29) is 29.6 Å². The largest absolute Gasteiger partial charge is 0.376 e. The van der Waals surface area contributed by atoms with E-state index in [4.69, 9.17) is 4.74 Å². The maximum atomic E-state index is 12.9. The highest BCUT2D eigenvalue weighted by Crippen LogP contribution is 2.22. The fourth-order valence-electron chi connectivity index (χ4n) is 4.20. The second kappa shape index (κ2) is 7.70. The average Bonchev–Trinajstić information content (AvgIpc) is 3.14. The van der Waals surface area contributed by atoms with Gasteiger partial charge in [-0.25, -0.2) is 8.42 Å². The summed E-state index contributed by atoms with van der Waals surface area (Å²) in [6, 6.07) is -0.172. The third-order valence-corrected chi connectivity index (χ3v) is 7.24. The number of carbonyl (C=O) groups excluding carboxylic acids is 1. The molecular weight excluding hydrogens is 328 g/mol. The first-order chi connectivity index (χ1) is 11.4. The average molecular weight is 359 g/mol. The molecule has 3 heterocycles. The molecule has 3 unspecified atom stereocenters. The van der Waals surface area contributed by atoms with E-state index in [9.17, 15) is 13.2 Å². The minimum Gasteiger partial charge on any atom is -0.376 e. The molecule has 0 N–H and O–H groups in total. The van der Waals surface area contributed by atoms with Crippen LogP contribution in [0, 0.1) is 5.92 Å². The summed E-state index contributed by atoms with van der Waals surface area (Å²) in [7, 11) is -3.00. The second-order valence-electron chi connectivity index (χ2n) is 7.72. The number of likely N-dealkylation sites (tertiary alicyclic amines) is 1. The van der Waals surface area contributed by atoms with Crippen molar-refractivity contribution in [3.63, 3.8) is 0 Å². The number of sulfone groups is 1. The molecule has 6 nitrogen and oxygen atoms in total. The molecule has 3 aliphatic rings. The topological polar surface area (TPSA) is 66.9 Å². The van der Waals surface area contributed by atoms with Gasteiger partial charge in [-0.15, -0.1) is 0 Å². The number of hydrogen-bond donors (Lipinski definition) is 0. The van der Waals surface area contributed by atoms with Gasteiger partial charge >= 0.3 is 0 Å². The lowest BCUT2D eigenvalue weighted by Crippen LogP contribution is -2.50. The molecule has 7 heteroatoms. The normalized spacial score (nSPS) is 33.6. The highest BCUT2D eigenvalue weighted by Gasteiger charge is 2.36. The number of ether oxygens (including phenoxy) is 1. The van der Waals surface area contributed by atoms with Crippen molar-refractivity contribution in [2.75, 3.05) is 44.3 Å². The Balaban J connectivity index is 1.64. The molecule has 0 aliphatic carbocycles. The second-order valence-corrected chi connectivity index (χ2v) is 9.95. The lowest BCUT2D eigenvalue weighted by Gasteiger charge is -2.35. The monoisotopic (exact) mass is 358 g/mol. The van der Waals surface area contributed by atoms with Gasteiger partial charge in [0.2, 0.25) is 5.91 Å². The van der Waals surface area contributed by atoms with Crippen molar-refractivity contribution < 1.29 is 17.9 Å². The van der Waals surface area contributed by atoms with Gasteiger partial charge in [0, 0.05) is 25.7 Å². The van der Waals surface area contributed by atoms with E-state index in [0.717, 1.165) is 39.0 Å². The number of rotatable bonds is 5. The van der Waals surface area contributed by atoms with Crippen LogP contribution in [0.4, 0.5) is 0 Å². The zero-order valence-electron chi connectivity index (χ0n) is 14.7. The Kier molecular flexibility index (Phi) is 5.82. The van der Waals surface area contributed by atoms with Gasteiger partial charge in [0.05, 0.1) is 24.2 Å². The smallest absolute Gasteiger partial charge is 0.237 e. The Morgan fingerprint density at radius 2 is 2.08 bits per heavy atom. The van der Waals surface area contributed by atoms with Gasteiger partial charge in [0.15, 0.2) is 9.84 Å². The number of carbonyl (C=O) groups is 1. The molecule has 3 saturated heterocycles. The molecule has 0 aromatic heterocycles. The summed E-state index contributed by atoms with van der Waals surface area (Å²) in [5.41, 5.74) is 0. The van der Waals surface area contributed by atoms with Crippen LogP contribution in [0.15, 0.2) is 0 Å². The van der Waals surface area contributed by atoms with Gasteiger partial charge in [-0.2, -0.15) is 0 Å². The van der Waals surface area contributed by atoms with Gasteiger partial charge in [-0.05, 0) is 44.6 Å². The lowest BCUT2D eigenvalue weighted by atomic mass is 10.0. The predicted molar refractivity (Wildman–Crippen MR) is 92.6 cm³/mol. The van der Waals surface area contributed by atoms with Crippen LogP contribution in [0.3, 0.4) is 0 Å². The van der Waals surface area contributed by atoms with E-state index >= 15 is 0 Å². The summed E-state index contributed by atoms with van der Waals surface area (Å²) in [4.78, 5) is 17.0. The standard InChI is InChI=1S/C17H30N2O4S/c1-14-4-2-7-18(10-14)12-17(20)19(11-16-5-3-8-23-16)15-6-9-24(21,22)13-15/h14-16H,2-13H2,1H3. The van der Waals surface area contributed by atoms with Gasteiger partial charge in [-0.1, -0.05) is 6.92 Å². The molecule has 0 aromatic carbocycles. The molecule has 0 bridgehead atoms. The van der Waals surface area contributed by atoms with E-state index in [1.54, 1.807) is 0 Å². The van der Waals surface area contributed by atoms with E-state index in [1.165, 1.54) is 6.42 Å². The number of piperidine rings is 1. The quantitative estimate of drug-likeness (QED) is 0.731. The van der Waals surface area contributed by atoms with Crippen molar-refractivity contribution in [1.82, 2.24) is 9.80 Å². The Morgan fingerprint density at radius 1 is 1.25 bits per heavy atom. The van der Waals surface area contributed by atoms with Crippen LogP contribution < -0.4 is 0 Å².